The molecule has 2 heterocycles. The molecule has 134 valence electrons. The third-order valence-electron chi connectivity index (χ3n) is 4.29. The molecular formula is C17H19F2N3O2S. The van der Waals surface area contributed by atoms with Crippen LogP contribution in [-0.2, 0) is 4.79 Å². The largest absolute Gasteiger partial charge is 0.387 e. The van der Waals surface area contributed by atoms with Crippen LogP contribution in [0.15, 0.2) is 29.8 Å². The van der Waals surface area contributed by atoms with Gasteiger partial charge < -0.3 is 10.4 Å². The van der Waals surface area contributed by atoms with Gasteiger partial charge in [0.05, 0.1) is 12.0 Å². The molecule has 3 rings (SSSR count). The Morgan fingerprint density at radius 2 is 2.32 bits per heavy atom. The monoisotopic (exact) mass is 367 g/mol. The Morgan fingerprint density at radius 3 is 3.08 bits per heavy atom. The van der Waals surface area contributed by atoms with Crippen LogP contribution < -0.4 is 5.32 Å². The number of hydrogen-bond donors (Lipinski definition) is 2. The highest BCUT2D eigenvalue weighted by Gasteiger charge is 2.28. The highest BCUT2D eigenvalue weighted by molar-refractivity contribution is 7.13. The first-order valence-electron chi connectivity index (χ1n) is 8.08. The van der Waals surface area contributed by atoms with Crippen molar-refractivity contribution < 1.29 is 18.7 Å². The van der Waals surface area contributed by atoms with Crippen molar-refractivity contribution >= 4 is 22.4 Å². The number of amides is 1. The van der Waals surface area contributed by atoms with E-state index in [4.69, 9.17) is 0 Å². The molecule has 1 fully saturated rings. The Bertz CT molecular complexity index is 727. The van der Waals surface area contributed by atoms with Gasteiger partial charge in [-0.05, 0) is 37.6 Å². The van der Waals surface area contributed by atoms with Crippen LogP contribution in [0.5, 0.6) is 0 Å². The number of aliphatic hydroxyl groups excluding tert-OH is 1. The second kappa shape index (κ2) is 7.99. The molecule has 1 amide bonds. The molecule has 25 heavy (non-hydrogen) atoms. The number of halogens is 2. The molecule has 8 heteroatoms. The van der Waals surface area contributed by atoms with Gasteiger partial charge in [-0.15, -0.1) is 11.3 Å². The molecule has 2 aromatic rings. The average Bonchev–Trinajstić information content (AvgIpc) is 3.10. The van der Waals surface area contributed by atoms with Crippen LogP contribution in [0.3, 0.4) is 0 Å². The molecule has 2 atom stereocenters. The molecule has 2 N–H and O–H groups in total. The van der Waals surface area contributed by atoms with Crippen molar-refractivity contribution in [3.63, 3.8) is 0 Å². The summed E-state index contributed by atoms with van der Waals surface area (Å²) >= 11 is 1.35. The summed E-state index contributed by atoms with van der Waals surface area (Å²) in [5, 5.41) is 15.4. The highest BCUT2D eigenvalue weighted by Crippen LogP contribution is 2.24. The van der Waals surface area contributed by atoms with Crippen LogP contribution in [-0.4, -0.2) is 40.5 Å². The number of likely N-dealkylation sites (tertiary alicyclic amines) is 1. The molecule has 0 aliphatic carbocycles. The Morgan fingerprint density at radius 1 is 1.48 bits per heavy atom. The van der Waals surface area contributed by atoms with Gasteiger partial charge in [0.1, 0.15) is 11.6 Å². The van der Waals surface area contributed by atoms with Crippen molar-refractivity contribution in [2.24, 2.45) is 5.92 Å². The molecule has 0 radical (unpaired) electrons. The standard InChI is InChI=1S/C17H19F2N3O2S/c18-12-3-4-14(19)13(8-12)15(23)10-22-6-1-2-11(9-22)16(24)21-17-20-5-7-25-17/h3-5,7-8,11,15,23H,1-2,6,9-10H2,(H,20,21,24). The summed E-state index contributed by atoms with van der Waals surface area (Å²) in [6, 6.07) is 3.04. The number of rotatable bonds is 5. The first kappa shape index (κ1) is 17.9. The van der Waals surface area contributed by atoms with Crippen LogP contribution in [0, 0.1) is 17.6 Å². The lowest BCUT2D eigenvalue weighted by Gasteiger charge is -2.33. The Labute approximate surface area is 148 Å². The van der Waals surface area contributed by atoms with Crippen molar-refractivity contribution in [3.05, 3.63) is 47.0 Å². The summed E-state index contributed by atoms with van der Waals surface area (Å²) in [7, 11) is 0. The summed E-state index contributed by atoms with van der Waals surface area (Å²) < 4.78 is 27.1. The zero-order chi connectivity index (χ0) is 17.8. The van der Waals surface area contributed by atoms with E-state index < -0.39 is 17.7 Å². The van der Waals surface area contributed by atoms with Gasteiger partial charge in [0.2, 0.25) is 5.91 Å². The number of carbonyl (C=O) groups is 1. The first-order chi connectivity index (χ1) is 12.0. The van der Waals surface area contributed by atoms with E-state index in [1.54, 1.807) is 11.6 Å². The molecule has 1 aromatic carbocycles. The predicted molar refractivity (Wildman–Crippen MR) is 91.2 cm³/mol. The summed E-state index contributed by atoms with van der Waals surface area (Å²) in [4.78, 5) is 18.3. The maximum Gasteiger partial charge on any atom is 0.230 e. The lowest BCUT2D eigenvalue weighted by atomic mass is 9.96. The van der Waals surface area contributed by atoms with E-state index >= 15 is 0 Å². The van der Waals surface area contributed by atoms with E-state index in [2.05, 4.69) is 10.3 Å². The van der Waals surface area contributed by atoms with E-state index in [0.717, 1.165) is 31.0 Å². The summed E-state index contributed by atoms with van der Waals surface area (Å²) in [6.07, 6.45) is 2.03. The molecule has 1 aliphatic rings. The Kier molecular flexibility index (Phi) is 5.72. The predicted octanol–water partition coefficient (Wildman–Crippen LogP) is 2.81. The van der Waals surface area contributed by atoms with Crippen molar-refractivity contribution in [2.75, 3.05) is 25.0 Å². The van der Waals surface area contributed by atoms with Crippen LogP contribution in [0.1, 0.15) is 24.5 Å². The van der Waals surface area contributed by atoms with Gasteiger partial charge in [-0.1, -0.05) is 0 Å². The van der Waals surface area contributed by atoms with E-state index in [1.807, 2.05) is 4.90 Å². The minimum Gasteiger partial charge on any atom is -0.387 e. The SMILES string of the molecule is O=C(Nc1nccs1)C1CCCN(CC(O)c2cc(F)ccc2F)C1. The molecule has 2 unspecified atom stereocenters. The minimum atomic E-state index is -1.14. The summed E-state index contributed by atoms with van der Waals surface area (Å²) in [6.45, 7) is 1.32. The molecule has 0 saturated carbocycles. The molecule has 1 aromatic heterocycles. The Hall–Kier alpha value is -1.90. The van der Waals surface area contributed by atoms with E-state index in [-0.39, 0.29) is 23.9 Å². The number of piperidine rings is 1. The van der Waals surface area contributed by atoms with Crippen molar-refractivity contribution in [2.45, 2.75) is 18.9 Å². The lowest BCUT2D eigenvalue weighted by molar-refractivity contribution is -0.121. The number of aliphatic hydroxyl groups is 1. The van der Waals surface area contributed by atoms with Gasteiger partial charge in [0.25, 0.3) is 0 Å². The van der Waals surface area contributed by atoms with Crippen LogP contribution >= 0.6 is 11.3 Å². The number of benzene rings is 1. The van der Waals surface area contributed by atoms with E-state index in [9.17, 15) is 18.7 Å². The fourth-order valence-corrected chi connectivity index (χ4v) is 3.57. The third-order valence-corrected chi connectivity index (χ3v) is 4.98. The molecule has 1 saturated heterocycles. The second-order valence-electron chi connectivity index (χ2n) is 6.11. The first-order valence-corrected chi connectivity index (χ1v) is 8.96. The number of aromatic nitrogens is 1. The van der Waals surface area contributed by atoms with Gasteiger partial charge in [-0.3, -0.25) is 9.69 Å². The molecule has 0 spiro atoms. The fraction of sp³-hybridized carbons (Fsp3) is 0.412. The number of carbonyl (C=O) groups excluding carboxylic acids is 1. The summed E-state index contributed by atoms with van der Waals surface area (Å²) in [5.74, 6) is -1.55. The molecule has 5 nitrogen and oxygen atoms in total. The van der Waals surface area contributed by atoms with Crippen molar-refractivity contribution in [3.8, 4) is 0 Å². The number of thiazole rings is 1. The highest BCUT2D eigenvalue weighted by atomic mass is 32.1. The van der Waals surface area contributed by atoms with Crippen LogP contribution in [0.2, 0.25) is 0 Å². The molecule has 1 aliphatic heterocycles. The second-order valence-corrected chi connectivity index (χ2v) is 7.00. The van der Waals surface area contributed by atoms with Crippen LogP contribution in [0.4, 0.5) is 13.9 Å². The maximum absolute atomic E-state index is 13.8. The summed E-state index contributed by atoms with van der Waals surface area (Å²) in [5.41, 5.74) is -0.0608. The van der Waals surface area contributed by atoms with Gasteiger partial charge in [0, 0.05) is 30.2 Å². The number of anilines is 1. The third kappa shape index (κ3) is 4.59. The minimum absolute atomic E-state index is 0.0608. The zero-order valence-electron chi connectivity index (χ0n) is 13.5. The zero-order valence-corrected chi connectivity index (χ0v) is 14.3. The van der Waals surface area contributed by atoms with Crippen molar-refractivity contribution in [1.82, 2.24) is 9.88 Å². The van der Waals surface area contributed by atoms with E-state index in [1.165, 1.54) is 11.3 Å². The fourth-order valence-electron chi connectivity index (χ4n) is 3.04. The van der Waals surface area contributed by atoms with Gasteiger partial charge >= 0.3 is 0 Å². The molecule has 0 bridgehead atoms. The average molecular weight is 367 g/mol. The number of β-amino-alcohol motifs (C(OH)–C–C–N with tert-alkyl or cyclic N) is 1. The number of nitrogens with one attached hydrogen (secondary N) is 1. The van der Waals surface area contributed by atoms with Gasteiger partial charge in [0.15, 0.2) is 5.13 Å². The number of nitrogens with zero attached hydrogens (tertiary/aromatic N) is 2. The maximum atomic E-state index is 13.8. The number of hydrogen-bond acceptors (Lipinski definition) is 5. The normalized spacial score (nSPS) is 19.6. The Balaban J connectivity index is 1.59. The van der Waals surface area contributed by atoms with Gasteiger partial charge in [-0.25, -0.2) is 13.8 Å². The van der Waals surface area contributed by atoms with Gasteiger partial charge in [-0.2, -0.15) is 0 Å². The topological polar surface area (TPSA) is 65.5 Å². The quantitative estimate of drug-likeness (QED) is 0.853. The molecular weight excluding hydrogens is 348 g/mol. The van der Waals surface area contributed by atoms with E-state index in [0.29, 0.717) is 18.2 Å². The smallest absolute Gasteiger partial charge is 0.230 e. The van der Waals surface area contributed by atoms with Crippen LogP contribution in [0.25, 0.3) is 0 Å². The van der Waals surface area contributed by atoms with Crippen molar-refractivity contribution in [1.29, 1.82) is 0 Å². The lowest BCUT2D eigenvalue weighted by Crippen LogP contribution is -2.42.